The second-order valence-corrected chi connectivity index (χ2v) is 14.7. The van der Waals surface area contributed by atoms with Gasteiger partial charge in [-0.25, -0.2) is 0 Å². The van der Waals surface area contributed by atoms with Gasteiger partial charge in [-0.15, -0.1) is 0 Å². The number of carbonyl (C=O) groups excluding carboxylic acids is 6. The quantitative estimate of drug-likeness (QED) is 0.0938. The molecule has 0 saturated carbocycles. The van der Waals surface area contributed by atoms with Crippen molar-refractivity contribution < 1.29 is 33.9 Å². The first kappa shape index (κ1) is 43.7. The molecule has 0 fully saturated rings. The smallest absolute Gasteiger partial charge is 0.243 e. The number of hydrogen-bond donors (Lipinski definition) is 7. The Hall–Kier alpha value is -4.43. The van der Waals surface area contributed by atoms with Crippen LogP contribution in [-0.2, 0) is 40.9 Å². The molecule has 13 nitrogen and oxygen atoms in total. The minimum atomic E-state index is -1.15. The monoisotopic (exact) mass is 740 g/mol. The van der Waals surface area contributed by atoms with Crippen molar-refractivity contribution in [1.82, 2.24) is 26.6 Å². The minimum Gasteiger partial charge on any atom is -0.508 e. The largest absolute Gasteiger partial charge is 0.508 e. The van der Waals surface area contributed by atoms with E-state index in [2.05, 4.69) is 26.6 Å². The van der Waals surface area contributed by atoms with E-state index in [0.717, 1.165) is 17.3 Å². The molecule has 5 atom stereocenters. The molecule has 0 bridgehead atoms. The van der Waals surface area contributed by atoms with Crippen LogP contribution in [0, 0.1) is 11.8 Å². The zero-order valence-electron chi connectivity index (χ0n) is 31.1. The lowest BCUT2D eigenvalue weighted by molar-refractivity contribution is -0.135. The van der Waals surface area contributed by atoms with Gasteiger partial charge in [-0.05, 0) is 74.2 Å². The summed E-state index contributed by atoms with van der Waals surface area (Å²) < 4.78 is 0. The van der Waals surface area contributed by atoms with Gasteiger partial charge in [0, 0.05) is 19.1 Å². The van der Waals surface area contributed by atoms with Gasteiger partial charge in [0.15, 0.2) is 0 Å². The summed E-state index contributed by atoms with van der Waals surface area (Å²) in [7, 11) is 0. The predicted molar refractivity (Wildman–Crippen MR) is 203 cm³/mol. The van der Waals surface area contributed by atoms with E-state index in [1.165, 1.54) is 19.1 Å². The molecule has 2 rings (SSSR count). The van der Waals surface area contributed by atoms with Crippen molar-refractivity contribution in [2.75, 3.05) is 6.54 Å². The van der Waals surface area contributed by atoms with Gasteiger partial charge in [0.1, 0.15) is 29.9 Å². The van der Waals surface area contributed by atoms with Crippen LogP contribution >= 0.6 is 11.8 Å². The van der Waals surface area contributed by atoms with Crippen molar-refractivity contribution in [1.29, 1.82) is 0 Å². The maximum absolute atomic E-state index is 13.9. The fraction of sp³-hybridized carbons (Fsp3) is 0.526. The van der Waals surface area contributed by atoms with Gasteiger partial charge in [0.2, 0.25) is 34.7 Å². The van der Waals surface area contributed by atoms with E-state index in [1.807, 2.05) is 44.2 Å². The number of nitrogens with one attached hydrogen (secondary N) is 5. The number of phenols is 1. The highest BCUT2D eigenvalue weighted by atomic mass is 32.2. The average Bonchev–Trinajstić information content (AvgIpc) is 3.09. The van der Waals surface area contributed by atoms with E-state index >= 15 is 0 Å². The molecule has 14 heteroatoms. The first-order valence-electron chi connectivity index (χ1n) is 17.8. The van der Waals surface area contributed by atoms with Gasteiger partial charge >= 0.3 is 0 Å². The summed E-state index contributed by atoms with van der Waals surface area (Å²) in [5.41, 5.74) is 7.29. The summed E-state index contributed by atoms with van der Waals surface area (Å²) in [5, 5.41) is 23.2. The van der Waals surface area contributed by atoms with Gasteiger partial charge in [-0.3, -0.25) is 28.8 Å². The Morgan fingerprint density at radius 2 is 1.27 bits per heavy atom. The van der Waals surface area contributed by atoms with Crippen LogP contribution in [0.5, 0.6) is 5.75 Å². The Labute approximate surface area is 311 Å². The van der Waals surface area contributed by atoms with Crippen LogP contribution in [0.25, 0.3) is 0 Å². The van der Waals surface area contributed by atoms with Gasteiger partial charge in [0.05, 0.1) is 6.04 Å². The molecule has 0 heterocycles. The maximum atomic E-state index is 13.9. The van der Waals surface area contributed by atoms with Crippen molar-refractivity contribution >= 4 is 46.4 Å². The van der Waals surface area contributed by atoms with E-state index in [4.69, 9.17) is 5.73 Å². The van der Waals surface area contributed by atoms with Gasteiger partial charge in [-0.1, -0.05) is 81.9 Å². The molecule has 0 aliphatic rings. The Kier molecular flexibility index (Phi) is 18.9. The summed E-state index contributed by atoms with van der Waals surface area (Å²) >= 11 is 1.09. The summed E-state index contributed by atoms with van der Waals surface area (Å²) in [6.45, 7) is 10.6. The van der Waals surface area contributed by atoms with E-state index in [9.17, 15) is 33.9 Å². The van der Waals surface area contributed by atoms with Crippen LogP contribution in [0.4, 0.5) is 0 Å². The molecule has 52 heavy (non-hydrogen) atoms. The SMILES string of the molecule is CC(=O)N[C@H](C(=O)N[C@@H](Cc1ccc(O)cc1)C(=O)N[C@@H](CC(C)C)C(=O)N[C@@H](CCCCN)C(=O)N[C@@H](C)C(=O)SCc1ccccc1)C(C)C. The number of aromatic hydroxyl groups is 1. The summed E-state index contributed by atoms with van der Waals surface area (Å²) in [6, 6.07) is 10.7. The highest BCUT2D eigenvalue weighted by Gasteiger charge is 2.33. The second kappa shape index (κ2) is 22.5. The molecular formula is C38H56N6O7S. The van der Waals surface area contributed by atoms with Gasteiger partial charge in [0.25, 0.3) is 0 Å². The number of phenolic OH excluding ortho intramolecular Hbond substituents is 1. The molecule has 0 aliphatic carbocycles. The molecule has 0 unspecified atom stereocenters. The molecule has 0 spiro atoms. The van der Waals surface area contributed by atoms with Gasteiger partial charge in [-0.2, -0.15) is 0 Å². The van der Waals surface area contributed by atoms with Crippen molar-refractivity contribution in [3.8, 4) is 5.75 Å². The molecule has 2 aromatic rings. The summed E-state index contributed by atoms with van der Waals surface area (Å²) in [4.78, 5) is 79.3. The highest BCUT2D eigenvalue weighted by Crippen LogP contribution is 2.16. The van der Waals surface area contributed by atoms with Crippen molar-refractivity contribution in [2.45, 2.75) is 110 Å². The average molecular weight is 741 g/mol. The fourth-order valence-electron chi connectivity index (χ4n) is 5.33. The second-order valence-electron chi connectivity index (χ2n) is 13.7. The van der Waals surface area contributed by atoms with E-state index in [-0.39, 0.29) is 42.0 Å². The number of benzene rings is 2. The number of hydrogen-bond acceptors (Lipinski definition) is 9. The summed E-state index contributed by atoms with van der Waals surface area (Å²) in [5.74, 6) is -2.61. The molecule has 2 aromatic carbocycles. The van der Waals surface area contributed by atoms with Crippen LogP contribution in [0.15, 0.2) is 54.6 Å². The van der Waals surface area contributed by atoms with Gasteiger partial charge < -0.3 is 37.4 Å². The lowest BCUT2D eigenvalue weighted by atomic mass is 9.99. The highest BCUT2D eigenvalue weighted by molar-refractivity contribution is 8.13. The van der Waals surface area contributed by atoms with Crippen molar-refractivity contribution in [2.24, 2.45) is 17.6 Å². The molecule has 0 radical (unpaired) electrons. The van der Waals surface area contributed by atoms with Crippen LogP contribution in [0.1, 0.15) is 78.4 Å². The molecule has 5 amide bonds. The lowest BCUT2D eigenvalue weighted by Crippen LogP contribution is -2.59. The molecule has 0 saturated heterocycles. The fourth-order valence-corrected chi connectivity index (χ4v) is 6.14. The first-order chi connectivity index (χ1) is 24.6. The zero-order chi connectivity index (χ0) is 38.8. The van der Waals surface area contributed by atoms with Crippen LogP contribution in [-0.4, -0.2) is 76.5 Å². The van der Waals surface area contributed by atoms with Crippen LogP contribution < -0.4 is 32.3 Å². The number of nitrogens with two attached hydrogens (primary N) is 1. The van der Waals surface area contributed by atoms with E-state index < -0.39 is 59.7 Å². The number of carbonyl (C=O) groups is 6. The standard InChI is InChI=1S/C38H56N6O7S/c1-23(2)20-31(43-36(49)32(21-27-15-17-29(46)18-16-27)44-37(50)33(24(3)4)41-26(6)45)35(48)42-30(14-10-11-19-39)34(47)40-25(5)38(51)52-22-28-12-8-7-9-13-28/h7-9,12-13,15-18,23-25,30-33,46H,10-11,14,19-22,39H2,1-6H3,(H,40,47)(H,41,45)(H,42,48)(H,43,49)(H,44,50)/t25-,30-,31-,32-,33-/m0/s1. The Bertz CT molecular complexity index is 1470. The lowest BCUT2D eigenvalue weighted by Gasteiger charge is -2.28. The first-order valence-corrected chi connectivity index (χ1v) is 18.8. The Morgan fingerprint density at radius 1 is 0.692 bits per heavy atom. The van der Waals surface area contributed by atoms with E-state index in [0.29, 0.717) is 30.7 Å². The third-order valence-electron chi connectivity index (χ3n) is 8.17. The number of rotatable bonds is 21. The Morgan fingerprint density at radius 3 is 1.85 bits per heavy atom. The Balaban J connectivity index is 2.26. The van der Waals surface area contributed by atoms with Crippen molar-refractivity contribution in [3.63, 3.8) is 0 Å². The molecule has 0 aromatic heterocycles. The number of thioether (sulfide) groups is 1. The molecule has 0 aliphatic heterocycles. The summed E-state index contributed by atoms with van der Waals surface area (Å²) in [6.07, 6.45) is 1.65. The molecule has 8 N–H and O–H groups in total. The van der Waals surface area contributed by atoms with Crippen LogP contribution in [0.2, 0.25) is 0 Å². The van der Waals surface area contributed by atoms with E-state index in [1.54, 1.807) is 32.9 Å². The maximum Gasteiger partial charge on any atom is 0.243 e. The molecule has 286 valence electrons. The third kappa shape index (κ3) is 15.9. The predicted octanol–water partition coefficient (Wildman–Crippen LogP) is 2.69. The number of amides is 5. The normalized spacial score (nSPS) is 14.0. The topological polar surface area (TPSA) is 209 Å². The van der Waals surface area contributed by atoms with Crippen molar-refractivity contribution in [3.05, 3.63) is 65.7 Å². The van der Waals surface area contributed by atoms with Crippen LogP contribution in [0.3, 0.4) is 0 Å². The third-order valence-corrected chi connectivity index (χ3v) is 9.29. The molecular weight excluding hydrogens is 685 g/mol. The minimum absolute atomic E-state index is 0.0249. The zero-order valence-corrected chi connectivity index (χ0v) is 31.9. The number of unbranched alkanes of at least 4 members (excludes halogenated alkanes) is 1.